The predicted octanol–water partition coefficient (Wildman–Crippen LogP) is 4.05. The molecule has 4 rings (SSSR count). The highest BCUT2D eigenvalue weighted by atomic mass is 79.9. The fraction of sp³-hybridized carbons (Fsp3) is 0.136. The molecular weight excluding hydrogens is 407 g/mol. The predicted molar refractivity (Wildman–Crippen MR) is 114 cm³/mol. The summed E-state index contributed by atoms with van der Waals surface area (Å²) in [5, 5.41) is 3.90. The second-order valence-electron chi connectivity index (χ2n) is 6.11. The van der Waals surface area contributed by atoms with Crippen molar-refractivity contribution in [2.75, 3.05) is 6.61 Å². The standard InChI is InChI=1S/C22H19O2P.BrH/c23-22-21(14-15-24-22)17-8-7-13-20(16-17)25(18-9-3-1-4-10-18)19-11-5-2-6-12-19;/h1-13,16,21H,14-15H2;1H. The molecule has 2 nitrogen and oxygen atoms in total. The van der Waals surface area contributed by atoms with Crippen molar-refractivity contribution >= 4 is 46.8 Å². The summed E-state index contributed by atoms with van der Waals surface area (Å²) in [7, 11) is -0.643. The number of ether oxygens (including phenoxy) is 1. The highest BCUT2D eigenvalue weighted by Gasteiger charge is 2.28. The molecule has 26 heavy (non-hydrogen) atoms. The first kappa shape index (κ1) is 18.8. The van der Waals surface area contributed by atoms with Gasteiger partial charge in [0, 0.05) is 0 Å². The molecule has 132 valence electrons. The van der Waals surface area contributed by atoms with Crippen LogP contribution < -0.4 is 15.9 Å². The molecule has 1 saturated heterocycles. The molecule has 1 aliphatic heterocycles. The largest absolute Gasteiger partial charge is 0.465 e. The Bertz CT molecular complexity index is 828. The average Bonchev–Trinajstić information content (AvgIpc) is 3.10. The van der Waals surface area contributed by atoms with Crippen molar-refractivity contribution in [3.05, 3.63) is 90.5 Å². The smallest absolute Gasteiger partial charge is 0.313 e. The molecule has 0 amide bonds. The Morgan fingerprint density at radius 2 is 1.35 bits per heavy atom. The third kappa shape index (κ3) is 3.90. The Hall–Kier alpha value is -1.96. The van der Waals surface area contributed by atoms with Crippen LogP contribution in [0, 0.1) is 0 Å². The van der Waals surface area contributed by atoms with Crippen molar-refractivity contribution in [1.29, 1.82) is 0 Å². The highest BCUT2D eigenvalue weighted by molar-refractivity contribution is 8.93. The first-order valence-corrected chi connectivity index (χ1v) is 9.84. The van der Waals surface area contributed by atoms with E-state index in [9.17, 15) is 4.79 Å². The van der Waals surface area contributed by atoms with Crippen LogP contribution in [0.4, 0.5) is 0 Å². The molecule has 0 aliphatic carbocycles. The fourth-order valence-corrected chi connectivity index (χ4v) is 5.63. The first-order valence-electron chi connectivity index (χ1n) is 8.50. The molecule has 1 unspecified atom stereocenters. The number of hydrogen-bond acceptors (Lipinski definition) is 2. The summed E-state index contributed by atoms with van der Waals surface area (Å²) in [6.07, 6.45) is 0.775. The summed E-state index contributed by atoms with van der Waals surface area (Å²) < 4.78 is 5.16. The number of carbonyl (C=O) groups is 1. The third-order valence-electron chi connectivity index (χ3n) is 4.49. The number of esters is 1. The van der Waals surface area contributed by atoms with Crippen molar-refractivity contribution in [2.45, 2.75) is 12.3 Å². The van der Waals surface area contributed by atoms with Gasteiger partial charge in [0.2, 0.25) is 0 Å². The number of rotatable bonds is 4. The van der Waals surface area contributed by atoms with Gasteiger partial charge >= 0.3 is 5.97 Å². The van der Waals surface area contributed by atoms with Gasteiger partial charge < -0.3 is 4.74 Å². The van der Waals surface area contributed by atoms with Gasteiger partial charge in [0.15, 0.2) is 0 Å². The maximum Gasteiger partial charge on any atom is 0.313 e. The van der Waals surface area contributed by atoms with E-state index < -0.39 is 7.92 Å². The minimum atomic E-state index is -0.643. The normalized spacial score (nSPS) is 16.2. The van der Waals surface area contributed by atoms with Crippen molar-refractivity contribution in [3.8, 4) is 0 Å². The molecule has 3 aromatic rings. The maximum absolute atomic E-state index is 12.0. The molecule has 4 heteroatoms. The molecule has 0 saturated carbocycles. The Morgan fingerprint density at radius 1 is 0.769 bits per heavy atom. The van der Waals surface area contributed by atoms with Gasteiger partial charge in [0.05, 0.1) is 12.5 Å². The molecule has 0 spiro atoms. The third-order valence-corrected chi connectivity index (χ3v) is 6.92. The first-order chi connectivity index (χ1) is 12.3. The number of halogens is 1. The zero-order valence-electron chi connectivity index (χ0n) is 14.2. The summed E-state index contributed by atoms with van der Waals surface area (Å²) in [6.45, 7) is 0.528. The monoisotopic (exact) mass is 426 g/mol. The van der Waals surface area contributed by atoms with Crippen LogP contribution in [0.5, 0.6) is 0 Å². The lowest BCUT2D eigenvalue weighted by molar-refractivity contribution is -0.139. The summed E-state index contributed by atoms with van der Waals surface area (Å²) in [6, 6.07) is 29.7. The quantitative estimate of drug-likeness (QED) is 0.464. The van der Waals surface area contributed by atoms with Gasteiger partial charge in [-0.15, -0.1) is 17.0 Å². The van der Waals surface area contributed by atoms with E-state index in [2.05, 4.69) is 66.7 Å². The molecule has 0 bridgehead atoms. The van der Waals surface area contributed by atoms with E-state index in [1.807, 2.05) is 18.2 Å². The van der Waals surface area contributed by atoms with Crippen LogP contribution in [0.1, 0.15) is 17.9 Å². The van der Waals surface area contributed by atoms with E-state index in [1.165, 1.54) is 15.9 Å². The van der Waals surface area contributed by atoms with Crippen LogP contribution in [0.25, 0.3) is 0 Å². The van der Waals surface area contributed by atoms with Crippen LogP contribution in [0.3, 0.4) is 0 Å². The molecule has 0 N–H and O–H groups in total. The van der Waals surface area contributed by atoms with E-state index in [0.717, 1.165) is 12.0 Å². The Labute approximate surface area is 165 Å². The molecule has 0 aromatic heterocycles. The number of hydrogen-bond donors (Lipinski definition) is 0. The molecule has 1 atom stereocenters. The van der Waals surface area contributed by atoms with E-state index in [-0.39, 0.29) is 28.9 Å². The van der Waals surface area contributed by atoms with Crippen LogP contribution in [-0.2, 0) is 9.53 Å². The highest BCUT2D eigenvalue weighted by Crippen LogP contribution is 2.34. The molecule has 1 heterocycles. The van der Waals surface area contributed by atoms with Crippen LogP contribution in [-0.4, -0.2) is 12.6 Å². The molecular formula is C22H20BrO2P. The van der Waals surface area contributed by atoms with Crippen LogP contribution in [0.15, 0.2) is 84.9 Å². The van der Waals surface area contributed by atoms with Gasteiger partial charge in [0.1, 0.15) is 0 Å². The van der Waals surface area contributed by atoms with Gasteiger partial charge in [0.25, 0.3) is 0 Å². The van der Waals surface area contributed by atoms with Gasteiger partial charge in [-0.05, 0) is 41.9 Å². The number of cyclic esters (lactones) is 1. The zero-order valence-corrected chi connectivity index (χ0v) is 16.9. The summed E-state index contributed by atoms with van der Waals surface area (Å²) in [5.74, 6) is -0.218. The lowest BCUT2D eigenvalue weighted by Gasteiger charge is -2.20. The van der Waals surface area contributed by atoms with Gasteiger partial charge in [-0.25, -0.2) is 0 Å². The van der Waals surface area contributed by atoms with E-state index in [4.69, 9.17) is 4.74 Å². The van der Waals surface area contributed by atoms with Crippen LogP contribution >= 0.6 is 24.9 Å². The second kappa shape index (κ2) is 8.62. The molecule has 1 fully saturated rings. The Kier molecular flexibility index (Phi) is 6.24. The molecule has 0 radical (unpaired) electrons. The topological polar surface area (TPSA) is 26.3 Å². The minimum Gasteiger partial charge on any atom is -0.465 e. The van der Waals surface area contributed by atoms with Gasteiger partial charge in [-0.1, -0.05) is 78.9 Å². The lowest BCUT2D eigenvalue weighted by atomic mass is 9.98. The zero-order chi connectivity index (χ0) is 17.1. The van der Waals surface area contributed by atoms with Gasteiger partial charge in [-0.2, -0.15) is 0 Å². The van der Waals surface area contributed by atoms with E-state index >= 15 is 0 Å². The lowest BCUT2D eigenvalue weighted by Crippen LogP contribution is -2.21. The van der Waals surface area contributed by atoms with Crippen molar-refractivity contribution in [1.82, 2.24) is 0 Å². The van der Waals surface area contributed by atoms with Crippen molar-refractivity contribution in [2.24, 2.45) is 0 Å². The van der Waals surface area contributed by atoms with Crippen molar-refractivity contribution < 1.29 is 9.53 Å². The summed E-state index contributed by atoms with van der Waals surface area (Å²) in [5.41, 5.74) is 1.07. The summed E-state index contributed by atoms with van der Waals surface area (Å²) >= 11 is 0. The number of carbonyl (C=O) groups excluding carboxylic acids is 1. The van der Waals surface area contributed by atoms with Gasteiger partial charge in [-0.3, -0.25) is 4.79 Å². The maximum atomic E-state index is 12.0. The minimum absolute atomic E-state index is 0. The molecule has 1 aliphatic rings. The molecule has 3 aromatic carbocycles. The Morgan fingerprint density at radius 3 is 1.88 bits per heavy atom. The fourth-order valence-electron chi connectivity index (χ4n) is 3.28. The van der Waals surface area contributed by atoms with E-state index in [0.29, 0.717) is 6.61 Å². The Balaban J connectivity index is 0.00000196. The summed E-state index contributed by atoms with van der Waals surface area (Å²) in [4.78, 5) is 12.0. The van der Waals surface area contributed by atoms with Crippen molar-refractivity contribution in [3.63, 3.8) is 0 Å². The van der Waals surface area contributed by atoms with Crippen LogP contribution in [0.2, 0.25) is 0 Å². The van der Waals surface area contributed by atoms with E-state index in [1.54, 1.807) is 0 Å². The average molecular weight is 427 g/mol. The second-order valence-corrected chi connectivity index (χ2v) is 8.33. The SMILES string of the molecule is Br.O=C1OCCC1c1cccc(P(c2ccccc2)c2ccccc2)c1. The number of benzene rings is 3.